The van der Waals surface area contributed by atoms with Crippen LogP contribution >= 0.6 is 0 Å². The number of hydrogen-bond donors (Lipinski definition) is 0. The van der Waals surface area contributed by atoms with Crippen LogP contribution in [0.25, 0.3) is 0 Å². The quantitative estimate of drug-likeness (QED) is 0.770. The lowest BCUT2D eigenvalue weighted by Gasteiger charge is -2.48. The van der Waals surface area contributed by atoms with Gasteiger partial charge >= 0.3 is 0 Å². The molecule has 0 bridgehead atoms. The zero-order valence-electron chi connectivity index (χ0n) is 16.0. The van der Waals surface area contributed by atoms with Crippen LogP contribution in [0.1, 0.15) is 59.5 Å². The minimum absolute atomic E-state index is 0.0774. The minimum Gasteiger partial charge on any atom is -0.294 e. The summed E-state index contributed by atoms with van der Waals surface area (Å²) in [4.78, 5) is 26.2. The van der Waals surface area contributed by atoms with E-state index in [4.69, 9.17) is 0 Å². The third-order valence-electron chi connectivity index (χ3n) is 7.45. The zero-order chi connectivity index (χ0) is 18.7. The summed E-state index contributed by atoms with van der Waals surface area (Å²) in [7, 11) is 0. The van der Waals surface area contributed by atoms with Crippen molar-refractivity contribution in [2.45, 2.75) is 40.5 Å². The number of fused-ring (bicyclic) bond motifs is 2. The van der Waals surface area contributed by atoms with E-state index in [0.717, 1.165) is 35.1 Å². The molecule has 0 saturated heterocycles. The molecule has 2 aromatic carbocycles. The van der Waals surface area contributed by atoms with Crippen molar-refractivity contribution in [3.8, 4) is 0 Å². The summed E-state index contributed by atoms with van der Waals surface area (Å²) in [6.07, 6.45) is 1.55. The Labute approximate surface area is 155 Å². The Kier molecular flexibility index (Phi) is 3.73. The topological polar surface area (TPSA) is 34.1 Å². The van der Waals surface area contributed by atoms with Crippen molar-refractivity contribution in [1.82, 2.24) is 0 Å². The summed E-state index contributed by atoms with van der Waals surface area (Å²) in [5.74, 6) is 0.320. The first-order valence-corrected chi connectivity index (χ1v) is 9.49. The van der Waals surface area contributed by atoms with Crippen LogP contribution in [-0.2, 0) is 12.8 Å². The van der Waals surface area contributed by atoms with Gasteiger partial charge in [0, 0.05) is 23.0 Å². The molecule has 26 heavy (non-hydrogen) atoms. The van der Waals surface area contributed by atoms with Gasteiger partial charge in [-0.3, -0.25) is 9.59 Å². The molecule has 0 spiro atoms. The monoisotopic (exact) mass is 346 g/mol. The maximum atomic E-state index is 13.1. The molecule has 2 heteroatoms. The van der Waals surface area contributed by atoms with Crippen molar-refractivity contribution < 1.29 is 9.59 Å². The summed E-state index contributed by atoms with van der Waals surface area (Å²) in [5.41, 5.74) is 3.45. The number of carbonyl (C=O) groups is 2. The molecule has 2 atom stereocenters. The van der Waals surface area contributed by atoms with Crippen molar-refractivity contribution in [2.24, 2.45) is 22.7 Å². The Morgan fingerprint density at radius 3 is 1.35 bits per heavy atom. The second-order valence-corrected chi connectivity index (χ2v) is 9.00. The molecule has 2 aliphatic carbocycles. The van der Waals surface area contributed by atoms with Gasteiger partial charge in [0.25, 0.3) is 0 Å². The van der Waals surface area contributed by atoms with Crippen LogP contribution in [0.15, 0.2) is 48.5 Å². The van der Waals surface area contributed by atoms with Crippen molar-refractivity contribution in [2.75, 3.05) is 0 Å². The van der Waals surface area contributed by atoms with E-state index in [9.17, 15) is 9.59 Å². The van der Waals surface area contributed by atoms with E-state index in [2.05, 4.69) is 39.8 Å². The third-order valence-corrected chi connectivity index (χ3v) is 7.45. The smallest absolute Gasteiger partial charge is 0.167 e. The van der Waals surface area contributed by atoms with E-state index >= 15 is 0 Å². The molecule has 2 aromatic rings. The zero-order valence-corrected chi connectivity index (χ0v) is 16.0. The van der Waals surface area contributed by atoms with E-state index in [-0.39, 0.29) is 34.2 Å². The van der Waals surface area contributed by atoms with E-state index in [1.165, 1.54) is 0 Å². The second kappa shape index (κ2) is 5.64. The fourth-order valence-corrected chi connectivity index (χ4v) is 4.94. The predicted molar refractivity (Wildman–Crippen MR) is 103 cm³/mol. The van der Waals surface area contributed by atoms with Crippen LogP contribution in [0.2, 0.25) is 0 Å². The summed E-state index contributed by atoms with van der Waals surface area (Å²) in [6, 6.07) is 15.9. The van der Waals surface area contributed by atoms with Crippen LogP contribution in [0.5, 0.6) is 0 Å². The van der Waals surface area contributed by atoms with E-state index in [1.54, 1.807) is 0 Å². The van der Waals surface area contributed by atoms with Crippen molar-refractivity contribution in [1.29, 1.82) is 0 Å². The van der Waals surface area contributed by atoms with Gasteiger partial charge in [-0.25, -0.2) is 0 Å². The summed E-state index contributed by atoms with van der Waals surface area (Å²) >= 11 is 0. The Morgan fingerprint density at radius 1 is 0.654 bits per heavy atom. The Balaban J connectivity index is 1.68. The molecule has 2 nitrogen and oxygen atoms in total. The van der Waals surface area contributed by atoms with Gasteiger partial charge in [-0.1, -0.05) is 76.2 Å². The second-order valence-electron chi connectivity index (χ2n) is 9.00. The molecule has 0 heterocycles. The van der Waals surface area contributed by atoms with E-state index < -0.39 is 0 Å². The lowest BCUT2D eigenvalue weighted by Crippen LogP contribution is -2.47. The standard InChI is InChI=1S/C24H26O2/c1-23(2,19-13-15-9-5-7-11-17(15)21(19)25)24(3,4)20-14-16-10-6-8-12-18(16)22(20)26/h5-12,19-20H,13-14H2,1-4H3. The first-order chi connectivity index (χ1) is 12.2. The first-order valence-electron chi connectivity index (χ1n) is 9.49. The number of benzene rings is 2. The summed E-state index contributed by atoms with van der Waals surface area (Å²) in [5, 5.41) is 0. The molecule has 0 aliphatic heterocycles. The number of rotatable bonds is 3. The van der Waals surface area contributed by atoms with Gasteiger partial charge in [0.2, 0.25) is 0 Å². The molecular weight excluding hydrogens is 320 g/mol. The van der Waals surface area contributed by atoms with Crippen molar-refractivity contribution >= 4 is 11.6 Å². The first kappa shape index (κ1) is 17.2. The molecule has 0 fully saturated rings. The van der Waals surface area contributed by atoms with Gasteiger partial charge in [-0.05, 0) is 34.8 Å². The number of ketones is 2. The lowest BCUT2D eigenvalue weighted by atomic mass is 9.54. The Bertz CT molecular complexity index is 828. The maximum absolute atomic E-state index is 13.1. The largest absolute Gasteiger partial charge is 0.294 e. The summed E-state index contributed by atoms with van der Waals surface area (Å²) in [6.45, 7) is 8.71. The van der Waals surface area contributed by atoms with Crippen molar-refractivity contribution in [3.05, 3.63) is 70.8 Å². The van der Waals surface area contributed by atoms with Crippen LogP contribution in [0.4, 0.5) is 0 Å². The van der Waals surface area contributed by atoms with Crippen LogP contribution < -0.4 is 0 Å². The van der Waals surface area contributed by atoms with Gasteiger partial charge in [-0.15, -0.1) is 0 Å². The number of carbonyl (C=O) groups excluding carboxylic acids is 2. The van der Waals surface area contributed by atoms with Gasteiger partial charge < -0.3 is 0 Å². The molecule has 4 rings (SSSR count). The Morgan fingerprint density at radius 2 is 1.00 bits per heavy atom. The molecule has 2 unspecified atom stereocenters. The van der Waals surface area contributed by atoms with Crippen LogP contribution in [-0.4, -0.2) is 11.6 Å². The van der Waals surface area contributed by atoms with E-state index in [1.807, 2.05) is 36.4 Å². The average molecular weight is 346 g/mol. The van der Waals surface area contributed by atoms with Gasteiger partial charge in [-0.2, -0.15) is 0 Å². The molecule has 0 saturated carbocycles. The molecule has 0 N–H and O–H groups in total. The molecule has 2 aliphatic rings. The predicted octanol–water partition coefficient (Wildman–Crippen LogP) is 5.15. The lowest BCUT2D eigenvalue weighted by molar-refractivity contribution is 0.00273. The third kappa shape index (κ3) is 2.24. The van der Waals surface area contributed by atoms with Crippen LogP contribution in [0, 0.1) is 22.7 Å². The van der Waals surface area contributed by atoms with Crippen LogP contribution in [0.3, 0.4) is 0 Å². The highest BCUT2D eigenvalue weighted by molar-refractivity contribution is 6.04. The molecular formula is C24H26O2. The van der Waals surface area contributed by atoms with Crippen molar-refractivity contribution in [3.63, 3.8) is 0 Å². The minimum atomic E-state index is -0.286. The Hall–Kier alpha value is -2.22. The molecule has 134 valence electrons. The van der Waals surface area contributed by atoms with E-state index in [0.29, 0.717) is 0 Å². The van der Waals surface area contributed by atoms with Gasteiger partial charge in [0.1, 0.15) is 0 Å². The van der Waals surface area contributed by atoms with Gasteiger partial charge in [0.15, 0.2) is 11.6 Å². The normalized spacial score (nSPS) is 22.5. The maximum Gasteiger partial charge on any atom is 0.167 e. The highest BCUT2D eigenvalue weighted by atomic mass is 16.1. The molecule has 0 amide bonds. The number of Topliss-reactive ketones (excluding diaryl/α,β-unsaturated/α-hetero) is 2. The number of hydrogen-bond acceptors (Lipinski definition) is 2. The fraction of sp³-hybridized carbons (Fsp3) is 0.417. The highest BCUT2D eigenvalue weighted by Gasteiger charge is 2.54. The molecule has 0 radical (unpaired) electrons. The van der Waals surface area contributed by atoms with Gasteiger partial charge in [0.05, 0.1) is 0 Å². The summed E-state index contributed by atoms with van der Waals surface area (Å²) < 4.78 is 0. The highest BCUT2D eigenvalue weighted by Crippen LogP contribution is 2.55. The fourth-order valence-electron chi connectivity index (χ4n) is 4.94. The average Bonchev–Trinajstić information content (AvgIpc) is 3.14. The molecule has 0 aromatic heterocycles. The SMILES string of the molecule is CC(C)(C1Cc2ccccc2C1=O)C(C)(C)C1Cc2ccccc2C1=O.